The molecule has 0 aromatic carbocycles. The molecule has 2 saturated heterocycles. The second-order valence-electron chi connectivity index (χ2n) is 6.39. The van der Waals surface area contributed by atoms with Crippen LogP contribution in [0.1, 0.15) is 24.6 Å². The molecule has 0 unspecified atom stereocenters. The lowest BCUT2D eigenvalue weighted by molar-refractivity contribution is -0.938. The van der Waals surface area contributed by atoms with E-state index in [-0.39, 0.29) is 12.1 Å². The largest absolute Gasteiger partial charge is 0.463 e. The molecule has 1 aromatic rings. The Morgan fingerprint density at radius 3 is 2.68 bits per heavy atom. The van der Waals surface area contributed by atoms with Gasteiger partial charge in [0, 0.05) is 13.2 Å². The maximum atomic E-state index is 12.1. The number of quaternary nitrogens is 1. The number of amides is 2. The zero-order chi connectivity index (χ0) is 17.5. The Hall–Kier alpha value is -1.90. The normalized spacial score (nSPS) is 22.5. The Morgan fingerprint density at radius 2 is 2.00 bits per heavy atom. The van der Waals surface area contributed by atoms with E-state index in [1.165, 1.54) is 4.90 Å². The number of carbonyl (C=O) groups is 2. The first kappa shape index (κ1) is 17.9. The van der Waals surface area contributed by atoms with Gasteiger partial charge in [-0.05, 0) is 25.0 Å². The highest BCUT2D eigenvalue weighted by Gasteiger charge is 2.29. The van der Waals surface area contributed by atoms with Gasteiger partial charge < -0.3 is 29.4 Å². The average Bonchev–Trinajstić information content (AvgIpc) is 3.34. The molecule has 0 bridgehead atoms. The van der Waals surface area contributed by atoms with E-state index in [9.17, 15) is 9.59 Å². The highest BCUT2D eigenvalue weighted by molar-refractivity contribution is 6.35. The number of rotatable bonds is 6. The second kappa shape index (κ2) is 8.98. The van der Waals surface area contributed by atoms with Crippen LogP contribution in [-0.2, 0) is 19.1 Å². The maximum absolute atomic E-state index is 12.1. The molecule has 3 heterocycles. The summed E-state index contributed by atoms with van der Waals surface area (Å²) in [5.41, 5.74) is 0. The van der Waals surface area contributed by atoms with Crippen LogP contribution in [-0.4, -0.2) is 63.9 Å². The smallest absolute Gasteiger partial charge is 0.309 e. The molecule has 0 saturated carbocycles. The number of nitrogens with one attached hydrogen (secondary N) is 3. The Bertz CT molecular complexity index is 551. The Balaban J connectivity index is 1.49. The predicted molar refractivity (Wildman–Crippen MR) is 88.0 cm³/mol. The fourth-order valence-corrected chi connectivity index (χ4v) is 3.28. The third-order valence-electron chi connectivity index (χ3n) is 4.70. The molecule has 8 nitrogen and oxygen atoms in total. The summed E-state index contributed by atoms with van der Waals surface area (Å²) < 4.78 is 16.4. The monoisotopic (exact) mass is 352 g/mol. The molecule has 2 fully saturated rings. The lowest BCUT2D eigenvalue weighted by atomic mass is 10.1. The molecular weight excluding hydrogens is 326 g/mol. The molecule has 0 spiro atoms. The fraction of sp³-hybridized carbons (Fsp3) is 0.647. The minimum Gasteiger partial charge on any atom is -0.463 e. The second-order valence-corrected chi connectivity index (χ2v) is 6.39. The molecule has 25 heavy (non-hydrogen) atoms. The Morgan fingerprint density at radius 1 is 1.20 bits per heavy atom. The van der Waals surface area contributed by atoms with Crippen molar-refractivity contribution in [2.24, 2.45) is 0 Å². The molecule has 2 amide bonds. The number of hydrogen-bond acceptors (Lipinski definition) is 5. The Labute approximate surface area is 146 Å². The van der Waals surface area contributed by atoms with Gasteiger partial charge in [0.05, 0.1) is 32.1 Å². The summed E-state index contributed by atoms with van der Waals surface area (Å²) in [5, 5.41) is 5.37. The van der Waals surface area contributed by atoms with E-state index in [0.29, 0.717) is 26.3 Å². The van der Waals surface area contributed by atoms with E-state index < -0.39 is 11.8 Å². The quantitative estimate of drug-likeness (QED) is 0.550. The lowest BCUT2D eigenvalue weighted by Crippen LogP contribution is -3.15. The van der Waals surface area contributed by atoms with E-state index in [1.807, 2.05) is 12.1 Å². The zero-order valence-corrected chi connectivity index (χ0v) is 14.3. The van der Waals surface area contributed by atoms with E-state index in [2.05, 4.69) is 10.6 Å². The van der Waals surface area contributed by atoms with Crippen molar-refractivity contribution in [1.29, 1.82) is 0 Å². The summed E-state index contributed by atoms with van der Waals surface area (Å²) in [6.07, 6.45) is 3.56. The summed E-state index contributed by atoms with van der Waals surface area (Å²) in [7, 11) is 0. The van der Waals surface area contributed by atoms with Crippen LogP contribution in [0, 0.1) is 0 Å². The fourth-order valence-electron chi connectivity index (χ4n) is 3.28. The molecule has 138 valence electrons. The molecular formula is C17H26N3O5+. The molecule has 2 aliphatic rings. The van der Waals surface area contributed by atoms with Crippen LogP contribution in [0.25, 0.3) is 0 Å². The van der Waals surface area contributed by atoms with Gasteiger partial charge in [0.2, 0.25) is 0 Å². The van der Waals surface area contributed by atoms with Gasteiger partial charge in [0.25, 0.3) is 0 Å². The third-order valence-corrected chi connectivity index (χ3v) is 4.70. The number of ether oxygens (including phenoxy) is 2. The van der Waals surface area contributed by atoms with Gasteiger partial charge in [-0.1, -0.05) is 0 Å². The molecule has 2 atom stereocenters. The summed E-state index contributed by atoms with van der Waals surface area (Å²) >= 11 is 0. The average molecular weight is 352 g/mol. The molecule has 3 rings (SSSR count). The highest BCUT2D eigenvalue weighted by Crippen LogP contribution is 2.11. The SMILES string of the molecule is O=C(NC[C@H]1CCCO1)C(=O)NC[C@H](c1ccco1)[NH+]1CCOCC1. The van der Waals surface area contributed by atoms with Gasteiger partial charge in [0.15, 0.2) is 11.8 Å². The van der Waals surface area contributed by atoms with Crippen molar-refractivity contribution in [3.8, 4) is 0 Å². The molecule has 8 heteroatoms. The van der Waals surface area contributed by atoms with Crippen LogP contribution >= 0.6 is 0 Å². The van der Waals surface area contributed by atoms with Crippen molar-refractivity contribution >= 4 is 11.8 Å². The molecule has 0 aliphatic carbocycles. The molecule has 2 aliphatic heterocycles. The van der Waals surface area contributed by atoms with E-state index in [1.54, 1.807) is 6.26 Å². The van der Waals surface area contributed by atoms with Gasteiger partial charge >= 0.3 is 11.8 Å². The van der Waals surface area contributed by atoms with E-state index in [0.717, 1.165) is 38.3 Å². The van der Waals surface area contributed by atoms with Crippen molar-refractivity contribution in [2.75, 3.05) is 46.0 Å². The summed E-state index contributed by atoms with van der Waals surface area (Å²) in [6, 6.07) is 3.70. The lowest BCUT2D eigenvalue weighted by Gasteiger charge is -2.30. The number of morpholine rings is 1. The third kappa shape index (κ3) is 5.04. The minimum absolute atomic E-state index is 0.0189. The van der Waals surface area contributed by atoms with Crippen molar-refractivity contribution < 1.29 is 28.4 Å². The van der Waals surface area contributed by atoms with E-state index in [4.69, 9.17) is 13.9 Å². The number of hydrogen-bond donors (Lipinski definition) is 3. The zero-order valence-electron chi connectivity index (χ0n) is 14.3. The first-order valence-corrected chi connectivity index (χ1v) is 8.87. The van der Waals surface area contributed by atoms with Gasteiger partial charge in [0.1, 0.15) is 13.1 Å². The topological polar surface area (TPSA) is 94.2 Å². The highest BCUT2D eigenvalue weighted by atomic mass is 16.5. The standard InChI is InChI=1S/C17H25N3O5/c21-16(18-11-13-3-1-7-24-13)17(22)19-12-14(15-4-2-8-25-15)20-5-9-23-10-6-20/h2,4,8,13-14H,1,3,5-7,9-12H2,(H,18,21)(H,19,22)/p+1/t13-,14-/m1/s1. The first-order chi connectivity index (χ1) is 12.2. The van der Waals surface area contributed by atoms with Crippen molar-refractivity contribution in [1.82, 2.24) is 10.6 Å². The van der Waals surface area contributed by atoms with Crippen LogP contribution in [0.2, 0.25) is 0 Å². The van der Waals surface area contributed by atoms with Gasteiger partial charge in [-0.15, -0.1) is 0 Å². The van der Waals surface area contributed by atoms with Gasteiger partial charge in [-0.25, -0.2) is 0 Å². The summed E-state index contributed by atoms with van der Waals surface area (Å²) in [4.78, 5) is 25.3. The van der Waals surface area contributed by atoms with Crippen LogP contribution in [0.4, 0.5) is 0 Å². The van der Waals surface area contributed by atoms with Gasteiger partial charge in [-0.3, -0.25) is 9.59 Å². The molecule has 0 radical (unpaired) electrons. The minimum atomic E-state index is -0.623. The van der Waals surface area contributed by atoms with Crippen LogP contribution in [0.15, 0.2) is 22.8 Å². The van der Waals surface area contributed by atoms with Crippen LogP contribution < -0.4 is 15.5 Å². The molecule has 3 N–H and O–H groups in total. The van der Waals surface area contributed by atoms with Crippen LogP contribution in [0.5, 0.6) is 0 Å². The van der Waals surface area contributed by atoms with Crippen molar-refractivity contribution in [3.05, 3.63) is 24.2 Å². The van der Waals surface area contributed by atoms with Crippen molar-refractivity contribution in [3.63, 3.8) is 0 Å². The summed E-state index contributed by atoms with van der Waals surface area (Å²) in [5.74, 6) is -0.440. The summed E-state index contributed by atoms with van der Waals surface area (Å²) in [6.45, 7) is 4.49. The van der Waals surface area contributed by atoms with Crippen LogP contribution in [0.3, 0.4) is 0 Å². The first-order valence-electron chi connectivity index (χ1n) is 8.87. The predicted octanol–water partition coefficient (Wildman–Crippen LogP) is -1.35. The van der Waals surface area contributed by atoms with E-state index >= 15 is 0 Å². The van der Waals surface area contributed by atoms with Gasteiger partial charge in [-0.2, -0.15) is 0 Å². The van der Waals surface area contributed by atoms with Crippen molar-refractivity contribution in [2.45, 2.75) is 25.0 Å². The number of furan rings is 1. The number of carbonyl (C=O) groups excluding carboxylic acids is 2. The Kier molecular flexibility index (Phi) is 6.43. The maximum Gasteiger partial charge on any atom is 0.309 e. The molecule has 1 aromatic heterocycles.